The lowest BCUT2D eigenvalue weighted by Crippen LogP contribution is -2.21. The molecule has 1 aromatic carbocycles. The minimum atomic E-state index is -4.74. The zero-order chi connectivity index (χ0) is 13.1. The van der Waals surface area contributed by atoms with Crippen LogP contribution >= 0.6 is 11.6 Å². The molecular formula is C11H13ClF3NO. The van der Waals surface area contributed by atoms with Gasteiger partial charge in [0, 0.05) is 6.04 Å². The Hall–Kier alpha value is -0.940. The summed E-state index contributed by atoms with van der Waals surface area (Å²) < 4.78 is 40.0. The molecule has 6 heteroatoms. The third-order valence-electron chi connectivity index (χ3n) is 2.24. The van der Waals surface area contributed by atoms with Gasteiger partial charge in [0.1, 0.15) is 5.75 Å². The molecule has 96 valence electrons. The third-order valence-corrected chi connectivity index (χ3v) is 2.56. The number of benzene rings is 1. The fraction of sp³-hybridized carbons (Fsp3) is 0.455. The van der Waals surface area contributed by atoms with E-state index in [0.717, 1.165) is 6.42 Å². The van der Waals surface area contributed by atoms with Crippen molar-refractivity contribution in [1.29, 1.82) is 0 Å². The molecule has 0 saturated heterocycles. The first-order chi connectivity index (χ1) is 7.81. The summed E-state index contributed by atoms with van der Waals surface area (Å²) in [5.74, 6) is -0.389. The summed E-state index contributed by atoms with van der Waals surface area (Å²) in [6.07, 6.45) is -3.50. The molecule has 0 radical (unpaired) electrons. The molecule has 0 heterocycles. The van der Waals surface area contributed by atoms with E-state index in [2.05, 4.69) is 4.74 Å². The van der Waals surface area contributed by atoms with Crippen molar-refractivity contribution in [3.05, 3.63) is 28.8 Å². The van der Waals surface area contributed by atoms with Gasteiger partial charge in [0.05, 0.1) is 5.02 Å². The van der Waals surface area contributed by atoms with Crippen LogP contribution in [-0.4, -0.2) is 12.4 Å². The maximum Gasteiger partial charge on any atom is 0.573 e. The predicted molar refractivity (Wildman–Crippen MR) is 60.1 cm³/mol. The SMILES string of the molecule is CCC(N)Cc1ccc(Cl)c(OC(F)(F)F)c1. The highest BCUT2D eigenvalue weighted by molar-refractivity contribution is 6.32. The second-order valence-corrected chi connectivity index (χ2v) is 4.09. The number of hydrogen-bond donors (Lipinski definition) is 1. The molecule has 0 aromatic heterocycles. The van der Waals surface area contributed by atoms with Gasteiger partial charge in [0.15, 0.2) is 0 Å². The van der Waals surface area contributed by atoms with Gasteiger partial charge in [0.25, 0.3) is 0 Å². The Kier molecular flexibility index (Phi) is 4.65. The molecule has 0 bridgehead atoms. The molecule has 0 aliphatic carbocycles. The average molecular weight is 268 g/mol. The standard InChI is InChI=1S/C11H13ClF3NO/c1-2-8(16)5-7-3-4-9(12)10(6-7)17-11(13,14)15/h3-4,6,8H,2,5,16H2,1H3. The lowest BCUT2D eigenvalue weighted by Gasteiger charge is -2.13. The van der Waals surface area contributed by atoms with Gasteiger partial charge >= 0.3 is 6.36 Å². The quantitative estimate of drug-likeness (QED) is 0.906. The van der Waals surface area contributed by atoms with Gasteiger partial charge in [-0.05, 0) is 30.5 Å². The van der Waals surface area contributed by atoms with Crippen LogP contribution in [0.25, 0.3) is 0 Å². The maximum absolute atomic E-state index is 12.1. The summed E-state index contributed by atoms with van der Waals surface area (Å²) in [4.78, 5) is 0. The number of hydrogen-bond acceptors (Lipinski definition) is 2. The first kappa shape index (κ1) is 14.1. The Balaban J connectivity index is 2.87. The Morgan fingerprint density at radius 2 is 2.06 bits per heavy atom. The minimum Gasteiger partial charge on any atom is -0.404 e. The van der Waals surface area contributed by atoms with Gasteiger partial charge in [0.2, 0.25) is 0 Å². The van der Waals surface area contributed by atoms with Crippen molar-refractivity contribution in [2.24, 2.45) is 5.73 Å². The normalized spacial score (nSPS) is 13.5. The number of alkyl halides is 3. The molecule has 1 aromatic rings. The summed E-state index contributed by atoms with van der Waals surface area (Å²) in [5, 5.41) is -0.0730. The highest BCUT2D eigenvalue weighted by Crippen LogP contribution is 2.31. The monoisotopic (exact) mass is 267 g/mol. The fourth-order valence-electron chi connectivity index (χ4n) is 1.32. The van der Waals surface area contributed by atoms with E-state index >= 15 is 0 Å². The second kappa shape index (κ2) is 5.60. The van der Waals surface area contributed by atoms with Crippen molar-refractivity contribution in [3.8, 4) is 5.75 Å². The van der Waals surface area contributed by atoms with Crippen LogP contribution in [0.1, 0.15) is 18.9 Å². The zero-order valence-corrected chi connectivity index (χ0v) is 9.98. The first-order valence-electron chi connectivity index (χ1n) is 5.11. The molecule has 2 N–H and O–H groups in total. The Bertz CT molecular complexity index is 381. The Morgan fingerprint density at radius 3 is 2.59 bits per heavy atom. The fourth-order valence-corrected chi connectivity index (χ4v) is 1.48. The second-order valence-electron chi connectivity index (χ2n) is 3.69. The maximum atomic E-state index is 12.1. The smallest absolute Gasteiger partial charge is 0.404 e. The molecule has 2 nitrogen and oxygen atoms in total. The van der Waals surface area contributed by atoms with E-state index in [4.69, 9.17) is 17.3 Å². The van der Waals surface area contributed by atoms with Crippen LogP contribution < -0.4 is 10.5 Å². The summed E-state index contributed by atoms with van der Waals surface area (Å²) in [6, 6.07) is 4.20. The van der Waals surface area contributed by atoms with Crippen LogP contribution in [0.3, 0.4) is 0 Å². The molecule has 0 aliphatic rings. The molecule has 0 saturated carbocycles. The van der Waals surface area contributed by atoms with Gasteiger partial charge in [-0.1, -0.05) is 24.6 Å². The topological polar surface area (TPSA) is 35.2 Å². The number of rotatable bonds is 4. The molecule has 0 amide bonds. The van der Waals surface area contributed by atoms with Crippen LogP contribution in [-0.2, 0) is 6.42 Å². The molecule has 0 fully saturated rings. The van der Waals surface area contributed by atoms with Crippen molar-refractivity contribution < 1.29 is 17.9 Å². The number of ether oxygens (including phenoxy) is 1. The van der Waals surface area contributed by atoms with E-state index in [-0.39, 0.29) is 16.8 Å². The molecule has 0 spiro atoms. The van der Waals surface area contributed by atoms with Crippen molar-refractivity contribution in [1.82, 2.24) is 0 Å². The van der Waals surface area contributed by atoms with E-state index in [0.29, 0.717) is 12.0 Å². The van der Waals surface area contributed by atoms with E-state index in [1.165, 1.54) is 12.1 Å². The summed E-state index contributed by atoms with van der Waals surface area (Å²) in [5.41, 5.74) is 6.39. The first-order valence-corrected chi connectivity index (χ1v) is 5.49. The summed E-state index contributed by atoms with van der Waals surface area (Å²) in [6.45, 7) is 1.91. The Labute approximate surface area is 103 Å². The van der Waals surface area contributed by atoms with Gasteiger partial charge in [-0.15, -0.1) is 13.2 Å². The molecule has 1 atom stereocenters. The zero-order valence-electron chi connectivity index (χ0n) is 9.22. The van der Waals surface area contributed by atoms with Gasteiger partial charge in [-0.25, -0.2) is 0 Å². The van der Waals surface area contributed by atoms with Crippen LogP contribution in [0.15, 0.2) is 18.2 Å². The van der Waals surface area contributed by atoms with Crippen molar-refractivity contribution >= 4 is 11.6 Å². The van der Waals surface area contributed by atoms with Crippen molar-refractivity contribution in [2.45, 2.75) is 32.2 Å². The van der Waals surface area contributed by atoms with E-state index in [9.17, 15) is 13.2 Å². The molecule has 0 aliphatic heterocycles. The van der Waals surface area contributed by atoms with Gasteiger partial charge in [-0.3, -0.25) is 0 Å². The van der Waals surface area contributed by atoms with Crippen LogP contribution in [0.4, 0.5) is 13.2 Å². The molecular weight excluding hydrogens is 255 g/mol. The largest absolute Gasteiger partial charge is 0.573 e. The molecule has 1 unspecified atom stereocenters. The predicted octanol–water partition coefficient (Wildman–Crippen LogP) is 3.52. The lowest BCUT2D eigenvalue weighted by atomic mass is 10.0. The number of halogens is 4. The van der Waals surface area contributed by atoms with Crippen LogP contribution in [0.5, 0.6) is 5.75 Å². The number of nitrogens with two attached hydrogens (primary N) is 1. The highest BCUT2D eigenvalue weighted by Gasteiger charge is 2.32. The third kappa shape index (κ3) is 4.83. The van der Waals surface area contributed by atoms with Crippen LogP contribution in [0.2, 0.25) is 5.02 Å². The van der Waals surface area contributed by atoms with E-state index in [1.54, 1.807) is 6.07 Å². The highest BCUT2D eigenvalue weighted by atomic mass is 35.5. The summed E-state index contributed by atoms with van der Waals surface area (Å²) in [7, 11) is 0. The minimum absolute atomic E-state index is 0.0730. The molecule has 1 rings (SSSR count). The summed E-state index contributed by atoms with van der Waals surface area (Å²) >= 11 is 5.62. The van der Waals surface area contributed by atoms with Gasteiger partial charge in [-0.2, -0.15) is 0 Å². The average Bonchev–Trinajstić information content (AvgIpc) is 2.21. The van der Waals surface area contributed by atoms with Crippen LogP contribution in [0, 0.1) is 0 Å². The molecule has 17 heavy (non-hydrogen) atoms. The Morgan fingerprint density at radius 1 is 1.41 bits per heavy atom. The van der Waals surface area contributed by atoms with E-state index < -0.39 is 6.36 Å². The van der Waals surface area contributed by atoms with Crippen molar-refractivity contribution in [2.75, 3.05) is 0 Å². The lowest BCUT2D eigenvalue weighted by molar-refractivity contribution is -0.274. The van der Waals surface area contributed by atoms with E-state index in [1.807, 2.05) is 6.92 Å². The van der Waals surface area contributed by atoms with Gasteiger partial charge < -0.3 is 10.5 Å². The van der Waals surface area contributed by atoms with Crippen molar-refractivity contribution in [3.63, 3.8) is 0 Å².